The number of nitrogens with zero attached hydrogens (tertiary/aromatic N) is 4. The second-order valence-corrected chi connectivity index (χ2v) is 6.69. The summed E-state index contributed by atoms with van der Waals surface area (Å²) in [5.41, 5.74) is 0.960. The number of hydrogen-bond acceptors (Lipinski definition) is 6. The molecule has 27 heavy (non-hydrogen) atoms. The smallest absolute Gasteiger partial charge is 0.253 e. The average Bonchev–Trinajstić information content (AvgIpc) is 3.35. The van der Waals surface area contributed by atoms with Crippen LogP contribution in [-0.2, 0) is 18.4 Å². The Morgan fingerprint density at radius 1 is 1.26 bits per heavy atom. The van der Waals surface area contributed by atoms with E-state index < -0.39 is 0 Å². The molecule has 140 valence electrons. The van der Waals surface area contributed by atoms with Gasteiger partial charge in [0.25, 0.3) is 5.91 Å². The number of hydrogen-bond donors (Lipinski definition) is 1. The molecule has 8 nitrogen and oxygen atoms in total. The number of aryl methyl sites for hydroxylation is 1. The summed E-state index contributed by atoms with van der Waals surface area (Å²) >= 11 is 1.29. The van der Waals surface area contributed by atoms with Gasteiger partial charge >= 0.3 is 0 Å². The van der Waals surface area contributed by atoms with Gasteiger partial charge in [-0.2, -0.15) is 0 Å². The Balaban J connectivity index is 1.67. The zero-order valence-electron chi connectivity index (χ0n) is 15.0. The maximum Gasteiger partial charge on any atom is 0.253 e. The van der Waals surface area contributed by atoms with Gasteiger partial charge in [-0.3, -0.25) is 9.59 Å². The van der Waals surface area contributed by atoms with Crippen molar-refractivity contribution in [3.05, 3.63) is 60.3 Å². The fraction of sp³-hybridized carbons (Fsp3) is 0.222. The minimum Gasteiger partial charge on any atom is -0.467 e. The van der Waals surface area contributed by atoms with Crippen molar-refractivity contribution in [1.82, 2.24) is 20.1 Å². The molecule has 1 N–H and O–H groups in total. The Morgan fingerprint density at radius 3 is 2.78 bits per heavy atom. The van der Waals surface area contributed by atoms with E-state index in [4.69, 9.17) is 4.42 Å². The number of aromatic nitrogens is 3. The van der Waals surface area contributed by atoms with E-state index in [2.05, 4.69) is 15.5 Å². The van der Waals surface area contributed by atoms with Gasteiger partial charge in [0.1, 0.15) is 12.1 Å². The normalized spacial score (nSPS) is 10.6. The molecule has 0 aliphatic heterocycles. The zero-order valence-corrected chi connectivity index (χ0v) is 15.8. The summed E-state index contributed by atoms with van der Waals surface area (Å²) < 4.78 is 6.96. The van der Waals surface area contributed by atoms with E-state index >= 15 is 0 Å². The van der Waals surface area contributed by atoms with E-state index in [9.17, 15) is 9.59 Å². The van der Waals surface area contributed by atoms with Gasteiger partial charge in [-0.15, -0.1) is 10.2 Å². The molecule has 0 unspecified atom stereocenters. The first-order valence-electron chi connectivity index (χ1n) is 8.19. The molecular weight excluding hydrogens is 366 g/mol. The second-order valence-electron chi connectivity index (χ2n) is 5.75. The van der Waals surface area contributed by atoms with Gasteiger partial charge < -0.3 is 19.2 Å². The van der Waals surface area contributed by atoms with Crippen molar-refractivity contribution in [1.29, 1.82) is 0 Å². The van der Waals surface area contributed by atoms with Crippen molar-refractivity contribution in [2.75, 3.05) is 17.7 Å². The maximum atomic E-state index is 12.6. The number of rotatable bonds is 7. The summed E-state index contributed by atoms with van der Waals surface area (Å²) in [5, 5.41) is 11.2. The van der Waals surface area contributed by atoms with Crippen molar-refractivity contribution in [3.63, 3.8) is 0 Å². The number of carbonyl (C=O) groups is 2. The third-order valence-electron chi connectivity index (χ3n) is 3.88. The highest BCUT2D eigenvalue weighted by atomic mass is 32.2. The van der Waals surface area contributed by atoms with Crippen molar-refractivity contribution in [2.24, 2.45) is 7.05 Å². The number of nitrogens with one attached hydrogen (secondary N) is 1. The third-order valence-corrected chi connectivity index (χ3v) is 4.90. The molecule has 2 heterocycles. The molecular formula is C18H19N5O3S. The third kappa shape index (κ3) is 4.56. The van der Waals surface area contributed by atoms with Crippen LogP contribution < -0.4 is 10.2 Å². The van der Waals surface area contributed by atoms with Crippen LogP contribution in [0.4, 0.5) is 5.69 Å². The minimum absolute atomic E-state index is 0.144. The monoisotopic (exact) mass is 385 g/mol. The summed E-state index contributed by atoms with van der Waals surface area (Å²) in [5.74, 6) is 0.424. The highest BCUT2D eigenvalue weighted by Crippen LogP contribution is 2.21. The van der Waals surface area contributed by atoms with Gasteiger partial charge in [-0.1, -0.05) is 23.9 Å². The molecule has 0 fully saturated rings. The van der Waals surface area contributed by atoms with Crippen molar-refractivity contribution in [3.8, 4) is 0 Å². The quantitative estimate of drug-likeness (QED) is 0.626. The Morgan fingerprint density at radius 2 is 2.07 bits per heavy atom. The standard InChI is InChI=1S/C18H19N5O3S/c1-22-12-20-21-18(22)27-11-16(24)23(2)15-8-4-3-7-14(15)17(25)19-10-13-6-5-9-26-13/h3-9,12H,10-11H2,1-2H3,(H,19,25). The van der Waals surface area contributed by atoms with Gasteiger partial charge in [0.2, 0.25) is 5.91 Å². The molecule has 0 aliphatic rings. The summed E-state index contributed by atoms with van der Waals surface area (Å²) in [6.07, 6.45) is 3.13. The summed E-state index contributed by atoms with van der Waals surface area (Å²) in [6.45, 7) is 0.278. The Hall–Kier alpha value is -3.07. The summed E-state index contributed by atoms with van der Waals surface area (Å²) in [7, 11) is 3.47. The van der Waals surface area contributed by atoms with Gasteiger partial charge in [-0.25, -0.2) is 0 Å². The molecule has 0 spiro atoms. The van der Waals surface area contributed by atoms with Crippen LogP contribution in [0.15, 0.2) is 58.6 Å². The molecule has 3 aromatic rings. The Kier molecular flexibility index (Phi) is 5.92. The van der Waals surface area contributed by atoms with Crippen LogP contribution in [0.2, 0.25) is 0 Å². The molecule has 1 aromatic carbocycles. The predicted octanol–water partition coefficient (Wildman–Crippen LogP) is 2.09. The molecule has 0 radical (unpaired) electrons. The molecule has 0 aliphatic carbocycles. The van der Waals surface area contributed by atoms with E-state index in [1.54, 1.807) is 60.6 Å². The number of furan rings is 1. The average molecular weight is 385 g/mol. The summed E-state index contributed by atoms with van der Waals surface area (Å²) in [4.78, 5) is 26.6. The highest BCUT2D eigenvalue weighted by molar-refractivity contribution is 7.99. The lowest BCUT2D eigenvalue weighted by Crippen LogP contribution is -2.31. The number of benzene rings is 1. The number of para-hydroxylation sites is 1. The van der Waals surface area contributed by atoms with Crippen LogP contribution in [0.25, 0.3) is 0 Å². The number of thioether (sulfide) groups is 1. The molecule has 0 saturated heterocycles. The van der Waals surface area contributed by atoms with Gasteiger partial charge in [-0.05, 0) is 24.3 Å². The number of carbonyl (C=O) groups excluding carboxylic acids is 2. The van der Waals surface area contributed by atoms with Crippen LogP contribution in [-0.4, -0.2) is 39.4 Å². The van der Waals surface area contributed by atoms with Crippen molar-refractivity contribution < 1.29 is 14.0 Å². The minimum atomic E-state index is -0.275. The molecule has 0 bridgehead atoms. The van der Waals surface area contributed by atoms with Crippen LogP contribution >= 0.6 is 11.8 Å². The van der Waals surface area contributed by atoms with Crippen LogP contribution in [0, 0.1) is 0 Å². The van der Waals surface area contributed by atoms with E-state index in [1.807, 2.05) is 7.05 Å². The van der Waals surface area contributed by atoms with Crippen molar-refractivity contribution in [2.45, 2.75) is 11.7 Å². The summed E-state index contributed by atoms with van der Waals surface area (Å²) in [6, 6.07) is 10.5. The molecule has 3 rings (SSSR count). The van der Waals surface area contributed by atoms with E-state index in [1.165, 1.54) is 16.7 Å². The van der Waals surface area contributed by atoms with Crippen molar-refractivity contribution >= 4 is 29.3 Å². The SMILES string of the molecule is CN(C(=O)CSc1nncn1C)c1ccccc1C(=O)NCc1ccco1. The van der Waals surface area contributed by atoms with Gasteiger partial charge in [0, 0.05) is 14.1 Å². The first-order valence-corrected chi connectivity index (χ1v) is 9.18. The fourth-order valence-electron chi connectivity index (χ4n) is 2.39. The number of amides is 2. The second kappa shape index (κ2) is 8.54. The predicted molar refractivity (Wildman–Crippen MR) is 101 cm³/mol. The maximum absolute atomic E-state index is 12.6. The van der Waals surface area contributed by atoms with Crippen LogP contribution in [0.5, 0.6) is 0 Å². The topological polar surface area (TPSA) is 93.3 Å². The largest absolute Gasteiger partial charge is 0.467 e. The van der Waals surface area contributed by atoms with E-state index in [-0.39, 0.29) is 24.1 Å². The van der Waals surface area contributed by atoms with E-state index in [0.29, 0.717) is 22.2 Å². The Bertz CT molecular complexity index is 923. The zero-order chi connectivity index (χ0) is 19.2. The Labute approximate surface area is 160 Å². The van der Waals surface area contributed by atoms with Gasteiger partial charge in [0.15, 0.2) is 5.16 Å². The molecule has 0 saturated carbocycles. The van der Waals surface area contributed by atoms with E-state index in [0.717, 1.165) is 0 Å². The molecule has 9 heteroatoms. The fourth-order valence-corrected chi connectivity index (χ4v) is 3.20. The number of anilines is 1. The van der Waals surface area contributed by atoms with Crippen LogP contribution in [0.1, 0.15) is 16.1 Å². The van der Waals surface area contributed by atoms with Gasteiger partial charge in [0.05, 0.1) is 29.8 Å². The molecule has 0 atom stereocenters. The van der Waals surface area contributed by atoms with Crippen LogP contribution in [0.3, 0.4) is 0 Å². The lowest BCUT2D eigenvalue weighted by atomic mass is 10.1. The first kappa shape index (κ1) is 18.7. The first-order chi connectivity index (χ1) is 13.1. The molecule has 2 amide bonds. The highest BCUT2D eigenvalue weighted by Gasteiger charge is 2.19. The lowest BCUT2D eigenvalue weighted by molar-refractivity contribution is -0.115. The lowest BCUT2D eigenvalue weighted by Gasteiger charge is -2.20. The molecule has 2 aromatic heterocycles.